The molecule has 24 heavy (non-hydrogen) atoms. The molecule has 2 bridgehead atoms. The summed E-state index contributed by atoms with van der Waals surface area (Å²) >= 11 is 0. The van der Waals surface area contributed by atoms with Gasteiger partial charge >= 0.3 is 0 Å². The first-order chi connectivity index (χ1) is 11.8. The van der Waals surface area contributed by atoms with Gasteiger partial charge in [0.05, 0.1) is 24.4 Å². The van der Waals surface area contributed by atoms with Crippen LogP contribution in [0.15, 0.2) is 53.5 Å². The molecule has 1 aromatic heterocycles. The van der Waals surface area contributed by atoms with Gasteiger partial charge in [0.1, 0.15) is 17.5 Å². The Morgan fingerprint density at radius 3 is 2.92 bits per heavy atom. The Hall–Kier alpha value is -2.63. The molecule has 1 fully saturated rings. The molecule has 5 nitrogen and oxygen atoms in total. The van der Waals surface area contributed by atoms with Crippen molar-refractivity contribution in [3.05, 3.63) is 59.8 Å². The molecule has 4 heterocycles. The second-order valence-corrected chi connectivity index (χ2v) is 6.47. The normalized spacial score (nSPS) is 26.7. The molecule has 6 rings (SSSR count). The maximum absolute atomic E-state index is 10.9. The molecule has 0 aliphatic carbocycles. The number of aromatic nitrogens is 1. The standard InChI is InChI=1S/C19H14N2O3/c22-17-12-5-1-4-8-15(12)21-9-11-10-23-19(24-11)13-6-2-3-7-14(13)20-18(19)16(17)21/h1-8,11,22H,9-10H2/t11-,19+/m0/s1. The maximum Gasteiger partial charge on any atom is 0.244 e. The Labute approximate surface area is 137 Å². The average Bonchev–Trinajstić information content (AvgIpc) is 3.21. The van der Waals surface area contributed by atoms with E-state index in [0.717, 1.165) is 22.2 Å². The molecule has 2 aromatic carbocycles. The Bertz CT molecular complexity index is 1050. The van der Waals surface area contributed by atoms with Gasteiger partial charge in [0.25, 0.3) is 0 Å². The monoisotopic (exact) mass is 318 g/mol. The van der Waals surface area contributed by atoms with Crippen molar-refractivity contribution < 1.29 is 14.6 Å². The van der Waals surface area contributed by atoms with Gasteiger partial charge < -0.3 is 19.1 Å². The van der Waals surface area contributed by atoms with Crippen LogP contribution >= 0.6 is 0 Å². The smallest absolute Gasteiger partial charge is 0.244 e. The molecule has 0 unspecified atom stereocenters. The zero-order chi connectivity index (χ0) is 15.9. The van der Waals surface area contributed by atoms with Crippen molar-refractivity contribution in [1.82, 2.24) is 4.57 Å². The Morgan fingerprint density at radius 2 is 1.96 bits per heavy atom. The van der Waals surface area contributed by atoms with Crippen LogP contribution in [0.25, 0.3) is 10.9 Å². The summed E-state index contributed by atoms with van der Waals surface area (Å²) in [5.74, 6) is -0.752. The summed E-state index contributed by atoms with van der Waals surface area (Å²) in [6.45, 7) is 1.15. The minimum absolute atomic E-state index is 0.0715. The van der Waals surface area contributed by atoms with E-state index in [0.29, 0.717) is 24.6 Å². The zero-order valence-corrected chi connectivity index (χ0v) is 12.8. The molecule has 0 saturated carbocycles. The minimum atomic E-state index is -0.999. The van der Waals surface area contributed by atoms with Crippen LogP contribution in [0.2, 0.25) is 0 Å². The second-order valence-electron chi connectivity index (χ2n) is 6.47. The molecule has 0 radical (unpaired) electrons. The zero-order valence-electron chi connectivity index (χ0n) is 12.8. The molecule has 5 heteroatoms. The van der Waals surface area contributed by atoms with E-state index < -0.39 is 5.79 Å². The predicted octanol–water partition coefficient (Wildman–Crippen LogP) is 3.06. The predicted molar refractivity (Wildman–Crippen MR) is 88.7 cm³/mol. The molecule has 0 amide bonds. The first-order valence-corrected chi connectivity index (χ1v) is 8.09. The number of hydrogen-bond donors (Lipinski definition) is 1. The number of nitrogens with zero attached hydrogens (tertiary/aromatic N) is 2. The average molecular weight is 318 g/mol. The van der Waals surface area contributed by atoms with Gasteiger partial charge in [-0.1, -0.05) is 30.3 Å². The van der Waals surface area contributed by atoms with Crippen LogP contribution in [0.5, 0.6) is 5.75 Å². The summed E-state index contributed by atoms with van der Waals surface area (Å²) in [5, 5.41) is 11.7. The molecular weight excluding hydrogens is 304 g/mol. The lowest BCUT2D eigenvalue weighted by molar-refractivity contribution is -0.114. The van der Waals surface area contributed by atoms with Gasteiger partial charge in [0, 0.05) is 10.9 Å². The highest BCUT2D eigenvalue weighted by Crippen LogP contribution is 2.51. The number of ether oxygens (including phenoxy) is 2. The molecule has 3 aliphatic rings. The van der Waals surface area contributed by atoms with Gasteiger partial charge in [-0.15, -0.1) is 0 Å². The second kappa shape index (κ2) is 4.06. The van der Waals surface area contributed by atoms with Crippen molar-refractivity contribution in [1.29, 1.82) is 0 Å². The summed E-state index contributed by atoms with van der Waals surface area (Å²) in [4.78, 5) is 4.79. The van der Waals surface area contributed by atoms with Gasteiger partial charge in [-0.05, 0) is 18.2 Å². The lowest BCUT2D eigenvalue weighted by Crippen LogP contribution is -2.35. The number of benzene rings is 2. The third-order valence-corrected chi connectivity index (χ3v) is 5.16. The Balaban J connectivity index is 1.74. The van der Waals surface area contributed by atoms with Gasteiger partial charge in [-0.2, -0.15) is 0 Å². The number of para-hydroxylation sites is 2. The summed E-state index contributed by atoms with van der Waals surface area (Å²) in [6, 6.07) is 15.7. The molecule has 118 valence electrons. The van der Waals surface area contributed by atoms with Crippen molar-refractivity contribution in [3.8, 4) is 5.75 Å². The van der Waals surface area contributed by atoms with E-state index in [9.17, 15) is 5.11 Å². The molecule has 1 spiro atoms. The molecule has 1 N–H and O–H groups in total. The lowest BCUT2D eigenvalue weighted by Gasteiger charge is -2.24. The first-order valence-electron chi connectivity index (χ1n) is 8.09. The van der Waals surface area contributed by atoms with E-state index in [1.807, 2.05) is 48.5 Å². The van der Waals surface area contributed by atoms with Gasteiger partial charge in [0.15, 0.2) is 5.75 Å². The highest BCUT2D eigenvalue weighted by atomic mass is 16.7. The fraction of sp³-hybridized carbons (Fsp3) is 0.211. The van der Waals surface area contributed by atoms with E-state index in [1.165, 1.54) is 0 Å². The van der Waals surface area contributed by atoms with E-state index >= 15 is 0 Å². The quantitative estimate of drug-likeness (QED) is 0.693. The van der Waals surface area contributed by atoms with E-state index in [2.05, 4.69) is 4.57 Å². The SMILES string of the molecule is Oc1c2n(c3ccccc13)C[C@H]1CO[C@]3(O1)C2=Nc1ccccc13. The third-order valence-electron chi connectivity index (χ3n) is 5.16. The summed E-state index contributed by atoms with van der Waals surface area (Å²) in [7, 11) is 0. The summed E-state index contributed by atoms with van der Waals surface area (Å²) < 4.78 is 14.6. The largest absolute Gasteiger partial charge is 0.505 e. The van der Waals surface area contributed by atoms with Crippen LogP contribution in [0, 0.1) is 0 Å². The van der Waals surface area contributed by atoms with E-state index in [4.69, 9.17) is 14.5 Å². The van der Waals surface area contributed by atoms with Crippen molar-refractivity contribution in [2.75, 3.05) is 6.61 Å². The Kier molecular flexibility index (Phi) is 2.16. The van der Waals surface area contributed by atoms with Crippen LogP contribution in [-0.2, 0) is 21.8 Å². The van der Waals surface area contributed by atoms with Crippen LogP contribution in [0.1, 0.15) is 11.3 Å². The van der Waals surface area contributed by atoms with Crippen molar-refractivity contribution in [2.24, 2.45) is 4.99 Å². The van der Waals surface area contributed by atoms with Gasteiger partial charge in [-0.25, -0.2) is 4.99 Å². The van der Waals surface area contributed by atoms with Crippen molar-refractivity contribution in [2.45, 2.75) is 18.4 Å². The van der Waals surface area contributed by atoms with Crippen molar-refractivity contribution >= 4 is 22.3 Å². The summed E-state index contributed by atoms with van der Waals surface area (Å²) in [5.41, 5.74) is 4.11. The Morgan fingerprint density at radius 1 is 1.12 bits per heavy atom. The summed E-state index contributed by atoms with van der Waals surface area (Å²) in [6.07, 6.45) is -0.0715. The maximum atomic E-state index is 10.9. The van der Waals surface area contributed by atoms with E-state index in [1.54, 1.807) is 0 Å². The molecule has 3 aliphatic heterocycles. The minimum Gasteiger partial charge on any atom is -0.505 e. The fourth-order valence-corrected chi connectivity index (χ4v) is 4.17. The highest BCUT2D eigenvalue weighted by molar-refractivity contribution is 6.15. The molecular formula is C19H14N2O3. The van der Waals surface area contributed by atoms with Gasteiger partial charge in [-0.3, -0.25) is 0 Å². The van der Waals surface area contributed by atoms with Crippen LogP contribution < -0.4 is 0 Å². The number of hydrogen-bond acceptors (Lipinski definition) is 4. The van der Waals surface area contributed by atoms with Crippen molar-refractivity contribution in [3.63, 3.8) is 0 Å². The third kappa shape index (κ3) is 1.32. The molecule has 3 aromatic rings. The molecule has 1 saturated heterocycles. The number of aliphatic imine (C=N–C) groups is 1. The van der Waals surface area contributed by atoms with Crippen LogP contribution in [0.4, 0.5) is 5.69 Å². The molecule has 2 atom stereocenters. The van der Waals surface area contributed by atoms with E-state index in [-0.39, 0.29) is 11.9 Å². The first kappa shape index (κ1) is 12.8. The van der Waals surface area contributed by atoms with Crippen LogP contribution in [0.3, 0.4) is 0 Å². The number of rotatable bonds is 0. The lowest BCUT2D eigenvalue weighted by atomic mass is 10.00. The highest BCUT2D eigenvalue weighted by Gasteiger charge is 2.56. The van der Waals surface area contributed by atoms with Gasteiger partial charge in [0.2, 0.25) is 5.79 Å². The fourth-order valence-electron chi connectivity index (χ4n) is 4.17. The number of aromatic hydroxyl groups is 1. The topological polar surface area (TPSA) is 56.0 Å². The number of fused-ring (bicyclic) bond motifs is 6. The van der Waals surface area contributed by atoms with Crippen LogP contribution in [-0.4, -0.2) is 28.1 Å².